The molecule has 0 spiro atoms. The highest BCUT2D eigenvalue weighted by Crippen LogP contribution is 2.28. The highest BCUT2D eigenvalue weighted by atomic mass is 16.2. The molecule has 0 fully saturated rings. The number of nitrogens with zero attached hydrogens (tertiary/aromatic N) is 1. The highest BCUT2D eigenvalue weighted by molar-refractivity contribution is 5.91. The van der Waals surface area contributed by atoms with Gasteiger partial charge in [0.1, 0.15) is 0 Å². The third-order valence-corrected chi connectivity index (χ3v) is 5.02. The van der Waals surface area contributed by atoms with Gasteiger partial charge in [0.05, 0.1) is 0 Å². The molecule has 2 N–H and O–H groups in total. The van der Waals surface area contributed by atoms with Crippen molar-refractivity contribution in [3.8, 4) is 0 Å². The smallest absolute Gasteiger partial charge is 0.322 e. The summed E-state index contributed by atoms with van der Waals surface area (Å²) in [5.41, 5.74) is 6.85. The number of anilines is 1. The zero-order valence-corrected chi connectivity index (χ0v) is 14.0. The number of aromatic amines is 1. The third-order valence-electron chi connectivity index (χ3n) is 5.02. The molecule has 0 aliphatic carbocycles. The number of H-pyrrole nitrogens is 1. The number of benzene rings is 2. The first-order chi connectivity index (χ1) is 11.6. The van der Waals surface area contributed by atoms with Crippen LogP contribution in [0.1, 0.15) is 22.4 Å². The van der Waals surface area contributed by atoms with Crippen LogP contribution in [0, 0.1) is 13.8 Å². The van der Waals surface area contributed by atoms with E-state index in [0.29, 0.717) is 6.54 Å². The van der Waals surface area contributed by atoms with E-state index in [9.17, 15) is 4.79 Å². The summed E-state index contributed by atoms with van der Waals surface area (Å²) in [6.45, 7) is 5.48. The summed E-state index contributed by atoms with van der Waals surface area (Å²) in [6.07, 6.45) is 0.865. The van der Waals surface area contributed by atoms with Gasteiger partial charge in [0, 0.05) is 47.4 Å². The number of carbonyl (C=O) groups is 1. The Morgan fingerprint density at radius 3 is 2.83 bits per heavy atom. The molecule has 4 rings (SSSR count). The number of aromatic nitrogens is 1. The van der Waals surface area contributed by atoms with E-state index < -0.39 is 0 Å². The van der Waals surface area contributed by atoms with Crippen LogP contribution in [0.5, 0.6) is 0 Å². The fraction of sp³-hybridized carbons (Fsp3) is 0.250. The van der Waals surface area contributed by atoms with Gasteiger partial charge in [-0.3, -0.25) is 0 Å². The standard InChI is InChI=1S/C20H21N3O/c1-13-6-5-9-17(14(13)2)22-20(24)23-11-10-19-16(12-23)15-7-3-4-8-18(15)21-19/h3-9,21H,10-12H2,1-2H3,(H,22,24). The number of para-hydroxylation sites is 1. The van der Waals surface area contributed by atoms with E-state index in [1.165, 1.54) is 22.2 Å². The molecule has 24 heavy (non-hydrogen) atoms. The second-order valence-corrected chi connectivity index (χ2v) is 6.48. The number of aryl methyl sites for hydroxylation is 1. The van der Waals surface area contributed by atoms with E-state index in [1.807, 2.05) is 36.1 Å². The lowest BCUT2D eigenvalue weighted by atomic mass is 10.0. The van der Waals surface area contributed by atoms with E-state index in [1.54, 1.807) is 0 Å². The van der Waals surface area contributed by atoms with Gasteiger partial charge in [-0.05, 0) is 37.1 Å². The molecule has 4 nitrogen and oxygen atoms in total. The van der Waals surface area contributed by atoms with Crippen LogP contribution in [0.25, 0.3) is 10.9 Å². The Hall–Kier alpha value is -2.75. The number of hydrogen-bond donors (Lipinski definition) is 2. The van der Waals surface area contributed by atoms with E-state index in [-0.39, 0.29) is 6.03 Å². The van der Waals surface area contributed by atoms with Crippen LogP contribution in [0.2, 0.25) is 0 Å². The van der Waals surface area contributed by atoms with Crippen molar-refractivity contribution in [2.75, 3.05) is 11.9 Å². The van der Waals surface area contributed by atoms with Crippen LogP contribution in [0.4, 0.5) is 10.5 Å². The summed E-state index contributed by atoms with van der Waals surface area (Å²) >= 11 is 0. The quantitative estimate of drug-likeness (QED) is 0.687. The Morgan fingerprint density at radius 2 is 1.96 bits per heavy atom. The maximum atomic E-state index is 12.7. The number of fused-ring (bicyclic) bond motifs is 3. The van der Waals surface area contributed by atoms with Crippen molar-refractivity contribution in [3.05, 3.63) is 64.8 Å². The van der Waals surface area contributed by atoms with Crippen LogP contribution in [0.3, 0.4) is 0 Å². The molecular weight excluding hydrogens is 298 g/mol. The van der Waals surface area contributed by atoms with Gasteiger partial charge in [-0.15, -0.1) is 0 Å². The molecule has 2 aromatic carbocycles. The molecular formula is C20H21N3O. The van der Waals surface area contributed by atoms with Gasteiger partial charge < -0.3 is 15.2 Å². The predicted octanol–water partition coefficient (Wildman–Crippen LogP) is 4.37. The van der Waals surface area contributed by atoms with Crippen molar-refractivity contribution in [1.29, 1.82) is 0 Å². The lowest BCUT2D eigenvalue weighted by molar-refractivity contribution is 0.206. The average Bonchev–Trinajstić information content (AvgIpc) is 2.96. The SMILES string of the molecule is Cc1cccc(NC(=O)N2CCc3[nH]c4ccccc4c3C2)c1C. The highest BCUT2D eigenvalue weighted by Gasteiger charge is 2.24. The molecule has 1 aromatic heterocycles. The molecule has 0 saturated heterocycles. The van der Waals surface area contributed by atoms with E-state index in [0.717, 1.165) is 29.7 Å². The van der Waals surface area contributed by atoms with Crippen molar-refractivity contribution in [3.63, 3.8) is 0 Å². The minimum atomic E-state index is -0.0281. The topological polar surface area (TPSA) is 48.1 Å². The van der Waals surface area contributed by atoms with Gasteiger partial charge in [-0.1, -0.05) is 30.3 Å². The van der Waals surface area contributed by atoms with Gasteiger partial charge >= 0.3 is 6.03 Å². The molecule has 1 aliphatic heterocycles. The van der Waals surface area contributed by atoms with Crippen molar-refractivity contribution < 1.29 is 4.79 Å². The summed E-state index contributed by atoms with van der Waals surface area (Å²) in [6, 6.07) is 14.3. The molecule has 0 atom stereocenters. The number of amides is 2. The summed E-state index contributed by atoms with van der Waals surface area (Å²) in [4.78, 5) is 18.1. The lowest BCUT2D eigenvalue weighted by Gasteiger charge is -2.28. The van der Waals surface area contributed by atoms with Gasteiger partial charge in [-0.2, -0.15) is 0 Å². The minimum Gasteiger partial charge on any atom is -0.358 e. The number of hydrogen-bond acceptors (Lipinski definition) is 1. The number of carbonyl (C=O) groups excluding carboxylic acids is 1. The molecule has 0 unspecified atom stereocenters. The van der Waals surface area contributed by atoms with Crippen LogP contribution in [0.15, 0.2) is 42.5 Å². The first-order valence-corrected chi connectivity index (χ1v) is 8.34. The molecule has 0 bridgehead atoms. The van der Waals surface area contributed by atoms with Crippen molar-refractivity contribution in [2.24, 2.45) is 0 Å². The minimum absolute atomic E-state index is 0.0281. The normalized spacial score (nSPS) is 13.8. The molecule has 2 heterocycles. The summed E-state index contributed by atoms with van der Waals surface area (Å²) in [7, 11) is 0. The van der Waals surface area contributed by atoms with Crippen LogP contribution < -0.4 is 5.32 Å². The maximum absolute atomic E-state index is 12.7. The van der Waals surface area contributed by atoms with E-state index >= 15 is 0 Å². The molecule has 0 radical (unpaired) electrons. The Kier molecular flexibility index (Phi) is 3.53. The lowest BCUT2D eigenvalue weighted by Crippen LogP contribution is -2.38. The van der Waals surface area contributed by atoms with Crippen molar-refractivity contribution >= 4 is 22.6 Å². The predicted molar refractivity (Wildman–Crippen MR) is 97.3 cm³/mol. The molecule has 0 saturated carbocycles. The van der Waals surface area contributed by atoms with Crippen LogP contribution in [-0.4, -0.2) is 22.5 Å². The van der Waals surface area contributed by atoms with Crippen LogP contribution in [-0.2, 0) is 13.0 Å². The molecule has 3 aromatic rings. The number of rotatable bonds is 1. The average molecular weight is 319 g/mol. The molecule has 122 valence electrons. The summed E-state index contributed by atoms with van der Waals surface area (Å²) in [5.74, 6) is 0. The fourth-order valence-corrected chi connectivity index (χ4v) is 3.42. The summed E-state index contributed by atoms with van der Waals surface area (Å²) < 4.78 is 0. The maximum Gasteiger partial charge on any atom is 0.322 e. The van der Waals surface area contributed by atoms with Crippen molar-refractivity contribution in [2.45, 2.75) is 26.8 Å². The molecule has 2 amide bonds. The molecule has 4 heteroatoms. The third kappa shape index (κ3) is 2.44. The monoisotopic (exact) mass is 319 g/mol. The Bertz CT molecular complexity index is 926. The second kappa shape index (κ2) is 5.71. The molecule has 1 aliphatic rings. The Morgan fingerprint density at radius 1 is 1.12 bits per heavy atom. The Balaban J connectivity index is 1.58. The van der Waals surface area contributed by atoms with Crippen molar-refractivity contribution in [1.82, 2.24) is 9.88 Å². The first kappa shape index (κ1) is 14.8. The fourth-order valence-electron chi connectivity index (χ4n) is 3.42. The second-order valence-electron chi connectivity index (χ2n) is 6.48. The van der Waals surface area contributed by atoms with E-state index in [4.69, 9.17) is 0 Å². The zero-order chi connectivity index (χ0) is 16.7. The van der Waals surface area contributed by atoms with Gasteiger partial charge in [0.25, 0.3) is 0 Å². The van der Waals surface area contributed by atoms with Crippen LogP contribution >= 0.6 is 0 Å². The Labute approximate surface area is 141 Å². The van der Waals surface area contributed by atoms with E-state index in [2.05, 4.69) is 35.4 Å². The summed E-state index contributed by atoms with van der Waals surface area (Å²) in [5, 5.41) is 4.29. The number of nitrogens with one attached hydrogen (secondary N) is 2. The van der Waals surface area contributed by atoms with Gasteiger partial charge in [0.15, 0.2) is 0 Å². The largest absolute Gasteiger partial charge is 0.358 e. The zero-order valence-electron chi connectivity index (χ0n) is 14.0. The first-order valence-electron chi connectivity index (χ1n) is 8.34. The number of urea groups is 1. The van der Waals surface area contributed by atoms with Gasteiger partial charge in [-0.25, -0.2) is 4.79 Å². The van der Waals surface area contributed by atoms with Gasteiger partial charge in [0.2, 0.25) is 0 Å².